The van der Waals surface area contributed by atoms with Gasteiger partial charge in [-0.3, -0.25) is 0 Å². The monoisotopic (exact) mass is 246 g/mol. The minimum atomic E-state index is 0.738. The molecule has 0 atom stereocenters. The molecule has 0 N–H and O–H groups in total. The van der Waals surface area contributed by atoms with Gasteiger partial charge >= 0.3 is 0 Å². The highest BCUT2D eigenvalue weighted by atomic mass is 15.3. The Kier molecular flexibility index (Phi) is 4.89. The molecule has 0 radical (unpaired) electrons. The average molecular weight is 246 g/mol. The maximum absolute atomic E-state index is 4.54. The number of hydrogen-bond acceptors (Lipinski definition) is 4. The molecule has 0 saturated heterocycles. The number of rotatable bonds is 2. The van der Waals surface area contributed by atoms with Crippen molar-refractivity contribution >= 4 is 22.7 Å². The molecule has 4 nitrogen and oxygen atoms in total. The molecule has 2 aromatic rings. The summed E-state index contributed by atoms with van der Waals surface area (Å²) in [5.74, 6) is 1.69. The van der Waals surface area contributed by atoms with Crippen molar-refractivity contribution in [3.63, 3.8) is 0 Å². The van der Waals surface area contributed by atoms with E-state index < -0.39 is 0 Å². The lowest BCUT2D eigenvalue weighted by molar-refractivity contribution is 0.988. The Morgan fingerprint density at radius 3 is 2.00 bits per heavy atom. The van der Waals surface area contributed by atoms with Crippen molar-refractivity contribution in [3.8, 4) is 0 Å². The molecule has 98 valence electrons. The van der Waals surface area contributed by atoms with E-state index in [0.717, 1.165) is 22.7 Å². The predicted octanol–water partition coefficient (Wildman–Crippen LogP) is 2.79. The molecule has 0 aliphatic rings. The Bertz CT molecular complexity index is 506. The lowest BCUT2D eigenvalue weighted by atomic mass is 10.2. The Morgan fingerprint density at radius 2 is 1.44 bits per heavy atom. The van der Waals surface area contributed by atoms with E-state index in [2.05, 4.69) is 9.97 Å². The zero-order valence-electron chi connectivity index (χ0n) is 12.1. The molecule has 2 rings (SSSR count). The van der Waals surface area contributed by atoms with E-state index in [0.29, 0.717) is 0 Å². The van der Waals surface area contributed by atoms with Gasteiger partial charge in [0.25, 0.3) is 0 Å². The third kappa shape index (κ3) is 2.88. The van der Waals surface area contributed by atoms with Gasteiger partial charge in [0.05, 0.1) is 5.52 Å². The molecule has 0 spiro atoms. The highest BCUT2D eigenvalue weighted by molar-refractivity contribution is 5.90. The van der Waals surface area contributed by atoms with Gasteiger partial charge in [-0.2, -0.15) is 4.98 Å². The van der Waals surface area contributed by atoms with Crippen LogP contribution in [0, 0.1) is 0 Å². The Balaban J connectivity index is 0.000000771. The molecule has 0 aliphatic carbocycles. The van der Waals surface area contributed by atoms with E-state index >= 15 is 0 Å². The summed E-state index contributed by atoms with van der Waals surface area (Å²) in [6, 6.07) is 8.06. The first-order valence-corrected chi connectivity index (χ1v) is 6.21. The van der Waals surface area contributed by atoms with Crippen molar-refractivity contribution in [2.75, 3.05) is 38.0 Å². The Morgan fingerprint density at radius 1 is 0.833 bits per heavy atom. The van der Waals surface area contributed by atoms with Gasteiger partial charge < -0.3 is 9.80 Å². The van der Waals surface area contributed by atoms with Crippen molar-refractivity contribution in [2.45, 2.75) is 13.8 Å². The van der Waals surface area contributed by atoms with Gasteiger partial charge in [-0.15, -0.1) is 0 Å². The average Bonchev–Trinajstić information content (AvgIpc) is 2.39. The van der Waals surface area contributed by atoms with Gasteiger partial charge in [-0.25, -0.2) is 4.98 Å². The highest BCUT2D eigenvalue weighted by Crippen LogP contribution is 2.24. The lowest BCUT2D eigenvalue weighted by Crippen LogP contribution is -2.17. The summed E-state index contributed by atoms with van der Waals surface area (Å²) in [6.07, 6.45) is 0. The Hall–Kier alpha value is -1.84. The molecule has 0 bridgehead atoms. The van der Waals surface area contributed by atoms with Gasteiger partial charge in [-0.1, -0.05) is 26.0 Å². The van der Waals surface area contributed by atoms with E-state index in [4.69, 9.17) is 0 Å². The van der Waals surface area contributed by atoms with E-state index in [-0.39, 0.29) is 0 Å². The number of nitrogens with zero attached hydrogens (tertiary/aromatic N) is 4. The fourth-order valence-electron chi connectivity index (χ4n) is 1.59. The first-order chi connectivity index (χ1) is 8.59. The van der Waals surface area contributed by atoms with Crippen LogP contribution in [0.15, 0.2) is 24.3 Å². The zero-order valence-corrected chi connectivity index (χ0v) is 12.1. The number of hydrogen-bond donors (Lipinski definition) is 0. The van der Waals surface area contributed by atoms with Crippen LogP contribution >= 0.6 is 0 Å². The third-order valence-electron chi connectivity index (χ3n) is 2.39. The fourth-order valence-corrected chi connectivity index (χ4v) is 1.59. The van der Waals surface area contributed by atoms with E-state index in [1.54, 1.807) is 0 Å². The predicted molar refractivity (Wildman–Crippen MR) is 79.5 cm³/mol. The third-order valence-corrected chi connectivity index (χ3v) is 2.39. The van der Waals surface area contributed by atoms with Gasteiger partial charge in [0.2, 0.25) is 5.95 Å². The first kappa shape index (κ1) is 14.2. The molecule has 1 aromatic carbocycles. The molecular formula is C14H22N4. The van der Waals surface area contributed by atoms with Gasteiger partial charge in [-0.05, 0) is 12.1 Å². The van der Waals surface area contributed by atoms with Crippen LogP contribution in [-0.2, 0) is 0 Å². The van der Waals surface area contributed by atoms with Crippen LogP contribution in [0.5, 0.6) is 0 Å². The summed E-state index contributed by atoms with van der Waals surface area (Å²) >= 11 is 0. The molecular weight excluding hydrogens is 224 g/mol. The normalized spacial score (nSPS) is 9.67. The lowest BCUT2D eigenvalue weighted by Gasteiger charge is -2.17. The zero-order chi connectivity index (χ0) is 13.7. The summed E-state index contributed by atoms with van der Waals surface area (Å²) in [6.45, 7) is 4.00. The molecule has 0 amide bonds. The number of para-hydroxylation sites is 1. The van der Waals surface area contributed by atoms with Crippen LogP contribution in [0.3, 0.4) is 0 Å². The molecule has 0 saturated carbocycles. The van der Waals surface area contributed by atoms with Crippen LogP contribution < -0.4 is 9.80 Å². The maximum atomic E-state index is 4.54. The number of anilines is 2. The van der Waals surface area contributed by atoms with Crippen molar-refractivity contribution in [3.05, 3.63) is 24.3 Å². The Labute approximate surface area is 109 Å². The van der Waals surface area contributed by atoms with Crippen LogP contribution in [0.4, 0.5) is 11.8 Å². The minimum absolute atomic E-state index is 0.738. The highest BCUT2D eigenvalue weighted by Gasteiger charge is 2.09. The quantitative estimate of drug-likeness (QED) is 0.815. The second kappa shape index (κ2) is 6.19. The second-order valence-electron chi connectivity index (χ2n) is 4.15. The molecule has 0 fully saturated rings. The van der Waals surface area contributed by atoms with Crippen molar-refractivity contribution in [2.24, 2.45) is 0 Å². The van der Waals surface area contributed by atoms with Gasteiger partial charge in [0.1, 0.15) is 5.82 Å². The van der Waals surface area contributed by atoms with Crippen molar-refractivity contribution < 1.29 is 0 Å². The fraction of sp³-hybridized carbons (Fsp3) is 0.429. The summed E-state index contributed by atoms with van der Waals surface area (Å²) in [5.41, 5.74) is 0.977. The first-order valence-electron chi connectivity index (χ1n) is 6.21. The van der Waals surface area contributed by atoms with E-state index in [1.807, 2.05) is 76.1 Å². The standard InChI is InChI=1S/C12H16N4.C2H6/c1-15(2)11-9-7-5-6-8-10(9)13-12(14-11)16(3)4;1-2/h5-8H,1-4H3;1-2H3. The summed E-state index contributed by atoms with van der Waals surface area (Å²) in [7, 11) is 7.88. The van der Waals surface area contributed by atoms with Crippen LogP contribution in [0.1, 0.15) is 13.8 Å². The summed E-state index contributed by atoms with van der Waals surface area (Å²) < 4.78 is 0. The molecule has 1 aromatic heterocycles. The van der Waals surface area contributed by atoms with Crippen LogP contribution in [-0.4, -0.2) is 38.2 Å². The van der Waals surface area contributed by atoms with Crippen LogP contribution in [0.2, 0.25) is 0 Å². The smallest absolute Gasteiger partial charge is 0.227 e. The largest absolute Gasteiger partial charge is 0.362 e. The topological polar surface area (TPSA) is 32.3 Å². The second-order valence-corrected chi connectivity index (χ2v) is 4.15. The van der Waals surface area contributed by atoms with E-state index in [1.165, 1.54) is 0 Å². The number of fused-ring (bicyclic) bond motifs is 1. The molecule has 0 unspecified atom stereocenters. The maximum Gasteiger partial charge on any atom is 0.227 e. The molecule has 0 aliphatic heterocycles. The van der Waals surface area contributed by atoms with E-state index in [9.17, 15) is 0 Å². The van der Waals surface area contributed by atoms with Gasteiger partial charge in [0.15, 0.2) is 0 Å². The molecule has 18 heavy (non-hydrogen) atoms. The van der Waals surface area contributed by atoms with Crippen molar-refractivity contribution in [1.29, 1.82) is 0 Å². The summed E-state index contributed by atoms with van der Waals surface area (Å²) in [5, 5.41) is 1.08. The van der Waals surface area contributed by atoms with Crippen molar-refractivity contribution in [1.82, 2.24) is 9.97 Å². The molecule has 4 heteroatoms. The van der Waals surface area contributed by atoms with Crippen LogP contribution in [0.25, 0.3) is 10.9 Å². The number of aromatic nitrogens is 2. The van der Waals surface area contributed by atoms with Gasteiger partial charge in [0, 0.05) is 33.6 Å². The molecule has 1 heterocycles. The summed E-state index contributed by atoms with van der Waals surface area (Å²) in [4.78, 5) is 13.0. The number of benzene rings is 1. The minimum Gasteiger partial charge on any atom is -0.362 e. The SMILES string of the molecule is CC.CN(C)c1nc(N(C)C)c2ccccc2n1.